The average molecular weight is 398 g/mol. The highest BCUT2D eigenvalue weighted by atomic mass is 15.1. The van der Waals surface area contributed by atoms with E-state index in [0.717, 1.165) is 0 Å². The van der Waals surface area contributed by atoms with Crippen molar-refractivity contribution >= 4 is 22.3 Å². The summed E-state index contributed by atoms with van der Waals surface area (Å²) in [5.41, 5.74) is 8.96. The van der Waals surface area contributed by atoms with Gasteiger partial charge in [-0.2, -0.15) is 0 Å². The molecular weight excluding hydrogens is 366 g/mol. The van der Waals surface area contributed by atoms with Gasteiger partial charge >= 0.3 is 0 Å². The molecule has 4 rings (SSSR count). The number of hydrogen-bond donors (Lipinski definition) is 0. The fourth-order valence-corrected chi connectivity index (χ4v) is 4.29. The van der Waals surface area contributed by atoms with Crippen LogP contribution in [0.25, 0.3) is 10.9 Å². The Hall–Kier alpha value is -3.20. The van der Waals surface area contributed by atoms with Crippen LogP contribution in [0.2, 0.25) is 0 Å². The lowest BCUT2D eigenvalue weighted by Gasteiger charge is -2.25. The van der Waals surface area contributed by atoms with Gasteiger partial charge in [0.15, 0.2) is 0 Å². The zero-order chi connectivity index (χ0) is 21.4. The van der Waals surface area contributed by atoms with Gasteiger partial charge in [0.05, 0.1) is 6.04 Å². The summed E-state index contributed by atoms with van der Waals surface area (Å²) in [6, 6.07) is 26.8. The second-order valence-electron chi connectivity index (χ2n) is 8.47. The fraction of sp³-hybridized carbons (Fsp3) is 0.259. The fourth-order valence-electron chi connectivity index (χ4n) is 4.29. The van der Waals surface area contributed by atoms with Crippen LogP contribution in [0.1, 0.15) is 28.4 Å². The maximum absolute atomic E-state index is 2.50. The lowest BCUT2D eigenvalue weighted by Crippen LogP contribution is -2.15. The van der Waals surface area contributed by atoms with E-state index in [1.54, 1.807) is 0 Å². The molecule has 0 atom stereocenters. The molecule has 0 fully saturated rings. The van der Waals surface area contributed by atoms with Crippen molar-refractivity contribution < 1.29 is 0 Å². The van der Waals surface area contributed by atoms with Crippen LogP contribution in [0, 0.1) is 13.8 Å². The summed E-state index contributed by atoms with van der Waals surface area (Å²) in [6.45, 7) is 4.47. The van der Waals surface area contributed by atoms with E-state index in [0.29, 0.717) is 0 Å². The molecule has 3 aromatic carbocycles. The van der Waals surface area contributed by atoms with E-state index in [-0.39, 0.29) is 6.04 Å². The molecule has 3 heteroatoms. The van der Waals surface area contributed by atoms with Crippen molar-refractivity contribution in [3.63, 3.8) is 0 Å². The van der Waals surface area contributed by atoms with Crippen LogP contribution in [0.15, 0.2) is 72.8 Å². The molecule has 0 unspecified atom stereocenters. The normalized spacial score (nSPS) is 11.3. The Balaban J connectivity index is 1.94. The highest BCUT2D eigenvalue weighted by Crippen LogP contribution is 2.36. The van der Waals surface area contributed by atoms with Crippen molar-refractivity contribution in [3.8, 4) is 0 Å². The minimum absolute atomic E-state index is 0.121. The average Bonchev–Trinajstić information content (AvgIpc) is 3.00. The monoisotopic (exact) mass is 397 g/mol. The minimum Gasteiger partial charge on any atom is -0.378 e. The molecule has 0 aliphatic carbocycles. The van der Waals surface area contributed by atoms with E-state index >= 15 is 0 Å². The van der Waals surface area contributed by atoms with Gasteiger partial charge in [-0.3, -0.25) is 0 Å². The zero-order valence-corrected chi connectivity index (χ0v) is 18.8. The summed E-state index contributed by atoms with van der Waals surface area (Å²) in [6.07, 6.45) is 0. The molecule has 0 aliphatic rings. The van der Waals surface area contributed by atoms with E-state index < -0.39 is 0 Å². The molecule has 0 aliphatic heterocycles. The third-order valence-electron chi connectivity index (χ3n) is 6.18. The molecule has 0 N–H and O–H groups in total. The van der Waals surface area contributed by atoms with Gasteiger partial charge in [0.1, 0.15) is 0 Å². The van der Waals surface area contributed by atoms with Gasteiger partial charge in [-0.05, 0) is 60.9 Å². The number of benzene rings is 3. The molecule has 0 radical (unpaired) electrons. The van der Waals surface area contributed by atoms with Crippen molar-refractivity contribution in [1.82, 2.24) is 4.57 Å². The standard InChI is InChI=1S/C27H31N3/c1-19-20(2)30(26-10-8-7-9-25(19)26)27(21-11-15-23(16-12-21)28(3)4)22-13-17-24(18-14-22)29(5)6/h7-18,27H,1-6H3. The second-order valence-corrected chi connectivity index (χ2v) is 8.47. The van der Waals surface area contributed by atoms with Crippen LogP contribution in [0.5, 0.6) is 0 Å². The summed E-state index contributed by atoms with van der Waals surface area (Å²) < 4.78 is 2.50. The molecule has 154 valence electrons. The summed E-state index contributed by atoms with van der Waals surface area (Å²) in [5, 5.41) is 1.33. The van der Waals surface area contributed by atoms with Gasteiger partial charge in [-0.1, -0.05) is 42.5 Å². The van der Waals surface area contributed by atoms with Crippen LogP contribution in [0.4, 0.5) is 11.4 Å². The largest absolute Gasteiger partial charge is 0.378 e. The maximum atomic E-state index is 2.50. The Morgan fingerprint density at radius 3 is 1.57 bits per heavy atom. The van der Waals surface area contributed by atoms with Crippen LogP contribution >= 0.6 is 0 Å². The highest BCUT2D eigenvalue weighted by molar-refractivity contribution is 5.85. The van der Waals surface area contributed by atoms with Crippen LogP contribution in [0.3, 0.4) is 0 Å². The summed E-state index contributed by atoms with van der Waals surface area (Å²) >= 11 is 0. The molecule has 30 heavy (non-hydrogen) atoms. The molecule has 0 bridgehead atoms. The Labute approximate surface area is 180 Å². The first-order chi connectivity index (χ1) is 14.4. The van der Waals surface area contributed by atoms with Crippen molar-refractivity contribution in [1.29, 1.82) is 0 Å². The van der Waals surface area contributed by atoms with Gasteiger partial charge in [0.25, 0.3) is 0 Å². The number of nitrogens with zero attached hydrogens (tertiary/aromatic N) is 3. The maximum Gasteiger partial charge on any atom is 0.0841 e. The minimum atomic E-state index is 0.121. The summed E-state index contributed by atoms with van der Waals surface area (Å²) in [5.74, 6) is 0. The van der Waals surface area contributed by atoms with Crippen molar-refractivity contribution in [2.45, 2.75) is 19.9 Å². The third-order valence-corrected chi connectivity index (χ3v) is 6.18. The molecule has 0 spiro atoms. The molecule has 1 heterocycles. The van der Waals surface area contributed by atoms with Gasteiger partial charge in [-0.15, -0.1) is 0 Å². The first-order valence-electron chi connectivity index (χ1n) is 10.5. The second kappa shape index (κ2) is 7.91. The van der Waals surface area contributed by atoms with Crippen molar-refractivity contribution in [3.05, 3.63) is 95.2 Å². The van der Waals surface area contributed by atoms with Gasteiger partial charge in [-0.25, -0.2) is 0 Å². The number of aryl methyl sites for hydroxylation is 1. The smallest absolute Gasteiger partial charge is 0.0841 e. The Morgan fingerprint density at radius 1 is 0.633 bits per heavy atom. The van der Waals surface area contributed by atoms with Gasteiger partial charge in [0, 0.05) is 56.2 Å². The summed E-state index contributed by atoms with van der Waals surface area (Å²) in [7, 11) is 8.33. The predicted molar refractivity (Wildman–Crippen MR) is 130 cm³/mol. The van der Waals surface area contributed by atoms with Gasteiger partial charge < -0.3 is 14.4 Å². The van der Waals surface area contributed by atoms with Gasteiger partial charge in [0.2, 0.25) is 0 Å². The lowest BCUT2D eigenvalue weighted by atomic mass is 9.97. The van der Waals surface area contributed by atoms with Crippen molar-refractivity contribution in [2.24, 2.45) is 0 Å². The van der Waals surface area contributed by atoms with E-state index in [1.807, 2.05) is 0 Å². The van der Waals surface area contributed by atoms with Crippen molar-refractivity contribution in [2.75, 3.05) is 38.0 Å². The Bertz CT molecular complexity index is 1100. The zero-order valence-electron chi connectivity index (χ0n) is 18.8. The first-order valence-corrected chi connectivity index (χ1v) is 10.5. The van der Waals surface area contributed by atoms with E-state index in [9.17, 15) is 0 Å². The SMILES string of the molecule is Cc1c(C)n(C(c2ccc(N(C)C)cc2)c2ccc(N(C)C)cc2)c2ccccc12. The molecule has 4 aromatic rings. The van der Waals surface area contributed by atoms with Crippen LogP contribution < -0.4 is 9.80 Å². The first kappa shape index (κ1) is 20.1. The number of rotatable bonds is 5. The van der Waals surface area contributed by atoms with Crippen LogP contribution in [-0.2, 0) is 0 Å². The number of hydrogen-bond acceptors (Lipinski definition) is 2. The van der Waals surface area contributed by atoms with E-state index in [4.69, 9.17) is 0 Å². The highest BCUT2D eigenvalue weighted by Gasteiger charge is 2.22. The molecule has 0 amide bonds. The molecule has 1 aromatic heterocycles. The van der Waals surface area contributed by atoms with E-state index in [2.05, 4.69) is 129 Å². The van der Waals surface area contributed by atoms with E-state index in [1.165, 1.54) is 44.7 Å². The quantitative estimate of drug-likeness (QED) is 0.407. The number of aromatic nitrogens is 1. The predicted octanol–water partition coefficient (Wildman–Crippen LogP) is 6.03. The Kier molecular flexibility index (Phi) is 5.29. The lowest BCUT2D eigenvalue weighted by molar-refractivity contribution is 0.682. The molecule has 0 saturated carbocycles. The topological polar surface area (TPSA) is 11.4 Å². The Morgan fingerprint density at radius 2 is 1.10 bits per heavy atom. The number of fused-ring (bicyclic) bond motifs is 1. The number of anilines is 2. The number of para-hydroxylation sites is 1. The third kappa shape index (κ3) is 3.45. The molecular formula is C27H31N3. The van der Waals surface area contributed by atoms with Crippen LogP contribution in [-0.4, -0.2) is 32.8 Å². The summed E-state index contributed by atoms with van der Waals surface area (Å²) in [4.78, 5) is 4.29. The molecule has 0 saturated heterocycles. The molecule has 3 nitrogen and oxygen atoms in total.